The smallest absolute Gasteiger partial charge is 0.351 e. The fourth-order valence-corrected chi connectivity index (χ4v) is 4.02. The molecule has 106 valence electrons. The van der Waals surface area contributed by atoms with E-state index in [1.807, 2.05) is 6.26 Å². The van der Waals surface area contributed by atoms with Crippen molar-refractivity contribution in [2.75, 3.05) is 18.6 Å². The first-order chi connectivity index (χ1) is 9.08. The number of nitrogens with zero attached hydrogens (tertiary/aromatic N) is 2. The van der Waals surface area contributed by atoms with Gasteiger partial charge in [0.05, 0.1) is 18.0 Å². The van der Waals surface area contributed by atoms with E-state index in [0.717, 1.165) is 0 Å². The number of hydrogen-bond donors (Lipinski definition) is 3. The van der Waals surface area contributed by atoms with Gasteiger partial charge >= 0.3 is 5.69 Å². The fourth-order valence-electron chi connectivity index (χ4n) is 1.93. The number of nitrogen functional groups attached to an aromatic ring is 1. The monoisotopic (exact) mass is 305 g/mol. The minimum atomic E-state index is -0.850. The summed E-state index contributed by atoms with van der Waals surface area (Å²) in [5.74, 6) is 0.132. The van der Waals surface area contributed by atoms with E-state index in [0.29, 0.717) is 0 Å². The fraction of sp³-hybridized carbons (Fsp3) is 0.600. The highest BCUT2D eigenvalue weighted by molar-refractivity contribution is 8.76. The Morgan fingerprint density at radius 3 is 2.95 bits per heavy atom. The molecule has 0 spiro atoms. The number of hydrogen-bond acceptors (Lipinski definition) is 8. The van der Waals surface area contributed by atoms with E-state index in [1.165, 1.54) is 38.4 Å². The topological polar surface area (TPSA) is 111 Å². The van der Waals surface area contributed by atoms with Crippen LogP contribution in [-0.2, 0) is 4.74 Å². The summed E-state index contributed by atoms with van der Waals surface area (Å²) in [5.41, 5.74) is 4.90. The van der Waals surface area contributed by atoms with Crippen LogP contribution in [0, 0.1) is 0 Å². The Morgan fingerprint density at radius 1 is 1.63 bits per heavy atom. The predicted molar refractivity (Wildman–Crippen MR) is 74.8 cm³/mol. The zero-order valence-corrected chi connectivity index (χ0v) is 11.8. The molecular formula is C10H15N3O4S2. The minimum absolute atomic E-state index is 0.132. The maximum Gasteiger partial charge on any atom is 0.351 e. The molecule has 4 N–H and O–H groups in total. The maximum atomic E-state index is 11.8. The molecule has 0 radical (unpaired) electrons. The van der Waals surface area contributed by atoms with Crippen molar-refractivity contribution in [2.45, 2.75) is 23.7 Å². The molecular weight excluding hydrogens is 290 g/mol. The van der Waals surface area contributed by atoms with Gasteiger partial charge in [0.15, 0.2) is 6.23 Å². The van der Waals surface area contributed by atoms with Gasteiger partial charge in [0.2, 0.25) is 0 Å². The summed E-state index contributed by atoms with van der Waals surface area (Å²) in [7, 11) is 2.85. The van der Waals surface area contributed by atoms with Gasteiger partial charge in [-0.1, -0.05) is 21.6 Å². The SMILES string of the molecule is CSS[C@H]1C(O)[C@@H](CO)O[C@H]1n1ccc(N)nc1=O. The summed E-state index contributed by atoms with van der Waals surface area (Å²) in [6.07, 6.45) is 1.11. The maximum absolute atomic E-state index is 11.8. The van der Waals surface area contributed by atoms with Crippen LogP contribution >= 0.6 is 21.6 Å². The lowest BCUT2D eigenvalue weighted by atomic mass is 10.2. The molecule has 7 nitrogen and oxygen atoms in total. The molecule has 4 atom stereocenters. The van der Waals surface area contributed by atoms with Gasteiger partial charge in [-0.2, -0.15) is 4.98 Å². The third kappa shape index (κ3) is 2.90. The quantitative estimate of drug-likeness (QED) is 0.636. The summed E-state index contributed by atoms with van der Waals surface area (Å²) in [6, 6.07) is 1.49. The molecule has 2 rings (SSSR count). The molecule has 9 heteroatoms. The summed E-state index contributed by atoms with van der Waals surface area (Å²) in [4.78, 5) is 15.4. The highest BCUT2D eigenvalue weighted by Gasteiger charge is 2.45. The van der Waals surface area contributed by atoms with Crippen LogP contribution in [0.15, 0.2) is 17.1 Å². The molecule has 1 unspecified atom stereocenters. The molecule has 2 heterocycles. The number of ether oxygens (including phenoxy) is 1. The molecule has 0 amide bonds. The Kier molecular flexibility index (Phi) is 4.74. The average molecular weight is 305 g/mol. The number of anilines is 1. The van der Waals surface area contributed by atoms with E-state index in [4.69, 9.17) is 10.5 Å². The Balaban J connectivity index is 2.33. The van der Waals surface area contributed by atoms with Gasteiger partial charge in [0, 0.05) is 6.20 Å². The first-order valence-corrected chi connectivity index (χ1v) is 8.19. The van der Waals surface area contributed by atoms with E-state index in [9.17, 15) is 15.0 Å². The Bertz CT molecular complexity index is 498. The van der Waals surface area contributed by atoms with Gasteiger partial charge in [0.1, 0.15) is 11.9 Å². The molecule has 1 aliphatic rings. The molecule has 0 aliphatic carbocycles. The van der Waals surface area contributed by atoms with Crippen molar-refractivity contribution in [3.8, 4) is 0 Å². The average Bonchev–Trinajstić information content (AvgIpc) is 2.68. The molecule has 1 aromatic rings. The van der Waals surface area contributed by atoms with Crippen LogP contribution in [0.3, 0.4) is 0 Å². The van der Waals surface area contributed by atoms with E-state index in [1.54, 1.807) is 0 Å². The summed E-state index contributed by atoms with van der Waals surface area (Å²) < 4.78 is 6.82. The molecule has 0 saturated carbocycles. The van der Waals surface area contributed by atoms with Crippen molar-refractivity contribution < 1.29 is 14.9 Å². The highest BCUT2D eigenvalue weighted by atomic mass is 33.1. The number of aliphatic hydroxyl groups is 2. The summed E-state index contributed by atoms with van der Waals surface area (Å²) in [5, 5.41) is 18.9. The normalized spacial score (nSPS) is 30.7. The largest absolute Gasteiger partial charge is 0.394 e. The van der Waals surface area contributed by atoms with E-state index in [2.05, 4.69) is 4.98 Å². The molecule has 1 aliphatic heterocycles. The number of rotatable bonds is 4. The van der Waals surface area contributed by atoms with Crippen LogP contribution in [0.5, 0.6) is 0 Å². The molecule has 0 aromatic carbocycles. The van der Waals surface area contributed by atoms with Gasteiger partial charge in [-0.05, 0) is 12.3 Å². The van der Waals surface area contributed by atoms with Crippen LogP contribution in [0.1, 0.15) is 6.23 Å². The van der Waals surface area contributed by atoms with E-state index < -0.39 is 24.1 Å². The highest BCUT2D eigenvalue weighted by Crippen LogP contribution is 2.41. The molecule has 1 saturated heterocycles. The molecule has 1 aromatic heterocycles. The first-order valence-electron chi connectivity index (χ1n) is 5.57. The third-order valence-corrected chi connectivity index (χ3v) is 5.00. The first kappa shape index (κ1) is 14.7. The van der Waals surface area contributed by atoms with Crippen LogP contribution in [0.4, 0.5) is 5.82 Å². The van der Waals surface area contributed by atoms with Gasteiger partial charge in [-0.25, -0.2) is 4.79 Å². The molecule has 19 heavy (non-hydrogen) atoms. The lowest BCUT2D eigenvalue weighted by Gasteiger charge is -2.20. The van der Waals surface area contributed by atoms with Crippen LogP contribution in [0.25, 0.3) is 0 Å². The zero-order valence-electron chi connectivity index (χ0n) is 10.2. The van der Waals surface area contributed by atoms with Gasteiger partial charge in [-0.3, -0.25) is 4.57 Å². The lowest BCUT2D eigenvalue weighted by Crippen LogP contribution is -2.34. The van der Waals surface area contributed by atoms with Crippen molar-refractivity contribution in [1.82, 2.24) is 9.55 Å². The second-order valence-corrected chi connectivity index (χ2v) is 6.66. The second kappa shape index (κ2) is 6.14. The summed E-state index contributed by atoms with van der Waals surface area (Å²) >= 11 is 0. The van der Waals surface area contributed by atoms with Gasteiger partial charge in [0.25, 0.3) is 0 Å². The van der Waals surface area contributed by atoms with Gasteiger partial charge in [-0.15, -0.1) is 0 Å². The van der Waals surface area contributed by atoms with E-state index in [-0.39, 0.29) is 17.7 Å². The Labute approximate surface area is 117 Å². The molecule has 1 fully saturated rings. The predicted octanol–water partition coefficient (Wildman–Crippen LogP) is -0.544. The standard InChI is InChI=1S/C10H15N3O4S2/c1-18-19-8-7(15)5(4-14)17-9(8)13-3-2-6(11)12-10(13)16/h2-3,5,7-9,14-15H,4H2,1H3,(H2,11,12,16)/t5-,7?,8+,9-/m1/s1. The molecule has 0 bridgehead atoms. The lowest BCUT2D eigenvalue weighted by molar-refractivity contribution is -0.0456. The van der Waals surface area contributed by atoms with Crippen molar-refractivity contribution in [3.05, 3.63) is 22.7 Å². The Morgan fingerprint density at radius 2 is 2.37 bits per heavy atom. The number of aliphatic hydroxyl groups excluding tert-OH is 2. The van der Waals surface area contributed by atoms with Crippen molar-refractivity contribution >= 4 is 27.4 Å². The van der Waals surface area contributed by atoms with E-state index >= 15 is 0 Å². The van der Waals surface area contributed by atoms with Crippen LogP contribution in [-0.4, -0.2) is 50.1 Å². The minimum Gasteiger partial charge on any atom is -0.394 e. The van der Waals surface area contributed by atoms with Crippen molar-refractivity contribution in [2.24, 2.45) is 0 Å². The van der Waals surface area contributed by atoms with Crippen LogP contribution in [0.2, 0.25) is 0 Å². The zero-order chi connectivity index (χ0) is 14.0. The van der Waals surface area contributed by atoms with Gasteiger partial charge < -0.3 is 20.7 Å². The number of aromatic nitrogens is 2. The summed E-state index contributed by atoms with van der Waals surface area (Å²) in [6.45, 7) is -0.305. The van der Waals surface area contributed by atoms with Crippen molar-refractivity contribution in [3.63, 3.8) is 0 Å². The third-order valence-electron chi connectivity index (χ3n) is 2.83. The van der Waals surface area contributed by atoms with Crippen molar-refractivity contribution in [1.29, 1.82) is 0 Å². The van der Waals surface area contributed by atoms with Crippen LogP contribution < -0.4 is 11.4 Å². The Hall–Kier alpha value is -0.740. The number of nitrogens with two attached hydrogens (primary N) is 1. The second-order valence-electron chi connectivity index (χ2n) is 4.01.